The molecule has 1 N–H and O–H groups in total. The lowest BCUT2D eigenvalue weighted by molar-refractivity contribution is -0.153. The highest BCUT2D eigenvalue weighted by molar-refractivity contribution is 5.89. The summed E-state index contributed by atoms with van der Waals surface area (Å²) in [6.45, 7) is 0. The summed E-state index contributed by atoms with van der Waals surface area (Å²) < 4.78 is 60.8. The first-order valence-electron chi connectivity index (χ1n) is 7.31. The fraction of sp³-hybridized carbons (Fsp3) is 0.250. The molecule has 0 spiro atoms. The Labute approximate surface area is 143 Å². The number of imide groups is 1. The molecule has 2 aromatic rings. The molecule has 0 aliphatic carbocycles. The average Bonchev–Trinajstić information content (AvgIpc) is 3.13. The van der Waals surface area contributed by atoms with E-state index in [1.54, 1.807) is 0 Å². The van der Waals surface area contributed by atoms with E-state index >= 15 is 0 Å². The van der Waals surface area contributed by atoms with Crippen LogP contribution in [0.2, 0.25) is 0 Å². The van der Waals surface area contributed by atoms with E-state index in [2.05, 4.69) is 0 Å². The van der Waals surface area contributed by atoms with E-state index in [9.17, 15) is 32.3 Å². The second-order valence-corrected chi connectivity index (χ2v) is 5.54. The number of amides is 2. The van der Waals surface area contributed by atoms with Crippen molar-refractivity contribution in [3.63, 3.8) is 0 Å². The summed E-state index contributed by atoms with van der Waals surface area (Å²) >= 11 is 0. The normalized spacial score (nSPS) is 20.3. The van der Waals surface area contributed by atoms with Crippen LogP contribution in [0.25, 0.3) is 0 Å². The maximum atomic E-state index is 13.1. The van der Waals surface area contributed by atoms with Crippen molar-refractivity contribution in [3.05, 3.63) is 59.3 Å². The molecule has 6 nitrogen and oxygen atoms in total. The molecule has 1 aromatic heterocycles. The van der Waals surface area contributed by atoms with Crippen molar-refractivity contribution >= 4 is 12.2 Å². The molecule has 0 saturated carbocycles. The van der Waals surface area contributed by atoms with Gasteiger partial charge in [-0.25, -0.2) is 18.9 Å². The van der Waals surface area contributed by atoms with Crippen LogP contribution in [0.15, 0.2) is 40.8 Å². The Morgan fingerprint density at radius 3 is 2.35 bits per heavy atom. The van der Waals surface area contributed by atoms with Crippen molar-refractivity contribution in [2.45, 2.75) is 24.7 Å². The van der Waals surface area contributed by atoms with Gasteiger partial charge < -0.3 is 14.3 Å². The SMILES string of the molecule is O=C(O)N1C(=O)OC(c2ccc(F)cc2)C1Cc1ccc(C(F)(F)F)o1. The lowest BCUT2D eigenvalue weighted by Gasteiger charge is -2.20. The molecule has 2 unspecified atom stereocenters. The molecule has 1 fully saturated rings. The predicted molar refractivity (Wildman–Crippen MR) is 76.7 cm³/mol. The van der Waals surface area contributed by atoms with E-state index < -0.39 is 42.1 Å². The number of hydrogen-bond donors (Lipinski definition) is 1. The minimum atomic E-state index is -4.69. The Kier molecular flexibility index (Phi) is 4.34. The van der Waals surface area contributed by atoms with Gasteiger partial charge in [-0.2, -0.15) is 13.2 Å². The predicted octanol–water partition coefficient (Wildman–Crippen LogP) is 4.22. The molecule has 26 heavy (non-hydrogen) atoms. The topological polar surface area (TPSA) is 80.0 Å². The molecule has 2 heterocycles. The first-order valence-corrected chi connectivity index (χ1v) is 7.31. The zero-order valence-corrected chi connectivity index (χ0v) is 12.9. The van der Waals surface area contributed by atoms with Crippen LogP contribution in [0.4, 0.5) is 27.2 Å². The van der Waals surface area contributed by atoms with Crippen molar-refractivity contribution < 1.29 is 41.4 Å². The van der Waals surface area contributed by atoms with Gasteiger partial charge in [-0.15, -0.1) is 0 Å². The Morgan fingerprint density at radius 1 is 1.15 bits per heavy atom. The second kappa shape index (κ2) is 6.36. The smallest absolute Gasteiger partial charge is 0.449 e. The third-order valence-corrected chi connectivity index (χ3v) is 3.86. The average molecular weight is 373 g/mol. The van der Waals surface area contributed by atoms with Gasteiger partial charge in [-0.1, -0.05) is 12.1 Å². The van der Waals surface area contributed by atoms with Crippen LogP contribution in [-0.2, 0) is 17.3 Å². The lowest BCUT2D eigenvalue weighted by atomic mass is 9.98. The summed E-state index contributed by atoms with van der Waals surface area (Å²) in [5.74, 6) is -1.96. The van der Waals surface area contributed by atoms with Gasteiger partial charge in [0.2, 0.25) is 5.76 Å². The van der Waals surface area contributed by atoms with Crippen LogP contribution in [0, 0.1) is 5.82 Å². The zero-order valence-electron chi connectivity index (χ0n) is 12.9. The van der Waals surface area contributed by atoms with Crippen molar-refractivity contribution in [2.75, 3.05) is 0 Å². The summed E-state index contributed by atoms with van der Waals surface area (Å²) in [6.07, 6.45) is -8.93. The van der Waals surface area contributed by atoms with E-state index in [1.165, 1.54) is 12.1 Å². The third-order valence-electron chi connectivity index (χ3n) is 3.86. The van der Waals surface area contributed by atoms with Crippen molar-refractivity contribution in [1.82, 2.24) is 4.90 Å². The van der Waals surface area contributed by atoms with Gasteiger partial charge in [-0.05, 0) is 29.8 Å². The van der Waals surface area contributed by atoms with Gasteiger partial charge in [0.05, 0.1) is 6.04 Å². The summed E-state index contributed by atoms with van der Waals surface area (Å²) in [4.78, 5) is 23.6. The van der Waals surface area contributed by atoms with Gasteiger partial charge in [0, 0.05) is 6.42 Å². The molecule has 1 saturated heterocycles. The second-order valence-electron chi connectivity index (χ2n) is 5.54. The number of carbonyl (C=O) groups excluding carboxylic acids is 1. The first kappa shape index (κ1) is 17.8. The van der Waals surface area contributed by atoms with Crippen LogP contribution in [-0.4, -0.2) is 28.2 Å². The van der Waals surface area contributed by atoms with Crippen molar-refractivity contribution in [2.24, 2.45) is 0 Å². The summed E-state index contributed by atoms with van der Waals surface area (Å²) in [5, 5.41) is 9.23. The van der Waals surface area contributed by atoms with E-state index in [0.717, 1.165) is 18.2 Å². The van der Waals surface area contributed by atoms with E-state index in [0.29, 0.717) is 16.5 Å². The van der Waals surface area contributed by atoms with Gasteiger partial charge in [0.15, 0.2) is 6.10 Å². The molecule has 3 rings (SSSR count). The number of hydrogen-bond acceptors (Lipinski definition) is 4. The molecule has 0 bridgehead atoms. The number of ether oxygens (including phenoxy) is 1. The Bertz CT molecular complexity index is 830. The Hall–Kier alpha value is -3.04. The largest absolute Gasteiger partial charge is 0.465 e. The highest BCUT2D eigenvalue weighted by Crippen LogP contribution is 2.36. The lowest BCUT2D eigenvalue weighted by Crippen LogP contribution is -2.39. The highest BCUT2D eigenvalue weighted by atomic mass is 19.4. The monoisotopic (exact) mass is 373 g/mol. The molecular weight excluding hydrogens is 362 g/mol. The Balaban J connectivity index is 1.92. The number of furan rings is 1. The molecule has 1 aliphatic heterocycles. The van der Waals surface area contributed by atoms with Crippen LogP contribution < -0.4 is 0 Å². The number of rotatable bonds is 3. The maximum absolute atomic E-state index is 13.1. The summed E-state index contributed by atoms with van der Waals surface area (Å²) in [7, 11) is 0. The van der Waals surface area contributed by atoms with Crippen LogP contribution in [0.5, 0.6) is 0 Å². The quantitative estimate of drug-likeness (QED) is 0.815. The molecule has 1 aliphatic rings. The standard InChI is InChI=1S/C16H11F4NO5/c17-9-3-1-8(2-4-9)13-11(21(14(22)23)15(24)26-13)7-10-5-6-12(25-10)16(18,19)20/h1-6,11,13H,7H2,(H,22,23). The molecule has 0 radical (unpaired) electrons. The van der Waals surface area contributed by atoms with Gasteiger partial charge in [-0.3, -0.25) is 0 Å². The number of benzene rings is 1. The molecule has 1 aromatic carbocycles. The Morgan fingerprint density at radius 2 is 1.81 bits per heavy atom. The number of cyclic esters (lactones) is 1. The van der Waals surface area contributed by atoms with Crippen LogP contribution >= 0.6 is 0 Å². The number of nitrogens with zero attached hydrogens (tertiary/aromatic N) is 1. The number of halogens is 4. The summed E-state index contributed by atoms with van der Waals surface area (Å²) in [6, 6.07) is 5.39. The van der Waals surface area contributed by atoms with E-state index in [1.807, 2.05) is 0 Å². The van der Waals surface area contributed by atoms with Crippen molar-refractivity contribution in [1.29, 1.82) is 0 Å². The van der Waals surface area contributed by atoms with Gasteiger partial charge in [0.25, 0.3) is 0 Å². The molecule has 2 amide bonds. The number of carbonyl (C=O) groups is 2. The molecular formula is C16H11F4NO5. The fourth-order valence-corrected chi connectivity index (χ4v) is 2.72. The molecule has 138 valence electrons. The highest BCUT2D eigenvalue weighted by Gasteiger charge is 2.47. The third kappa shape index (κ3) is 3.35. The van der Waals surface area contributed by atoms with E-state index in [-0.39, 0.29) is 12.2 Å². The van der Waals surface area contributed by atoms with Crippen molar-refractivity contribution in [3.8, 4) is 0 Å². The molecule has 10 heteroatoms. The minimum Gasteiger partial charge on any atom is -0.465 e. The summed E-state index contributed by atoms with van der Waals surface area (Å²) in [5.41, 5.74) is 0.302. The van der Waals surface area contributed by atoms with E-state index in [4.69, 9.17) is 9.15 Å². The van der Waals surface area contributed by atoms with Crippen LogP contribution in [0.3, 0.4) is 0 Å². The molecule has 2 atom stereocenters. The minimum absolute atomic E-state index is 0.168. The van der Waals surface area contributed by atoms with Crippen LogP contribution in [0.1, 0.15) is 23.2 Å². The zero-order chi connectivity index (χ0) is 19.1. The maximum Gasteiger partial charge on any atom is 0.449 e. The number of alkyl halides is 3. The van der Waals surface area contributed by atoms with Gasteiger partial charge >= 0.3 is 18.4 Å². The van der Waals surface area contributed by atoms with Gasteiger partial charge in [0.1, 0.15) is 11.6 Å². The first-order chi connectivity index (χ1) is 12.2. The number of carboxylic acid groups (broad SMARTS) is 1. The fourth-order valence-electron chi connectivity index (χ4n) is 2.72.